The number of fused-ring (bicyclic) bond motifs is 1. The fourth-order valence-electron chi connectivity index (χ4n) is 2.86. The molecule has 8 heteroatoms. The maximum absolute atomic E-state index is 11.2. The van der Waals surface area contributed by atoms with Gasteiger partial charge in [0, 0.05) is 13.5 Å². The first-order chi connectivity index (χ1) is 11.5. The molecule has 0 saturated carbocycles. The van der Waals surface area contributed by atoms with E-state index in [1.54, 1.807) is 23.4 Å². The third kappa shape index (κ3) is 3.19. The summed E-state index contributed by atoms with van der Waals surface area (Å²) in [5.41, 5.74) is 1.74. The molecule has 3 atom stereocenters. The van der Waals surface area contributed by atoms with Gasteiger partial charge in [0.05, 0.1) is 17.3 Å². The van der Waals surface area contributed by atoms with Gasteiger partial charge in [0.2, 0.25) is 0 Å². The second kappa shape index (κ2) is 6.79. The van der Waals surface area contributed by atoms with Crippen molar-refractivity contribution in [1.29, 1.82) is 0 Å². The van der Waals surface area contributed by atoms with Crippen molar-refractivity contribution in [2.24, 2.45) is 0 Å². The van der Waals surface area contributed by atoms with Crippen LogP contribution in [0.4, 0.5) is 0 Å². The largest absolute Gasteiger partial charge is 0.358 e. The lowest BCUT2D eigenvalue weighted by Crippen LogP contribution is -2.34. The highest BCUT2D eigenvalue weighted by Crippen LogP contribution is 2.38. The highest BCUT2D eigenvalue weighted by Gasteiger charge is 2.41. The predicted octanol–water partition coefficient (Wildman–Crippen LogP) is 2.25. The zero-order valence-electron chi connectivity index (χ0n) is 14.1. The van der Waals surface area contributed by atoms with Gasteiger partial charge in [-0.3, -0.25) is 0 Å². The Morgan fingerprint density at radius 1 is 1.46 bits per heavy atom. The molecule has 0 amide bonds. The van der Waals surface area contributed by atoms with Crippen molar-refractivity contribution in [3.05, 3.63) is 24.2 Å². The van der Waals surface area contributed by atoms with Gasteiger partial charge in [-0.05, 0) is 32.2 Å². The van der Waals surface area contributed by atoms with Crippen LogP contribution in [0.2, 0.25) is 0 Å². The predicted molar refractivity (Wildman–Crippen MR) is 89.0 cm³/mol. The van der Waals surface area contributed by atoms with E-state index in [2.05, 4.69) is 10.1 Å². The number of nitrogens with zero attached hydrogens (tertiary/aromatic N) is 3. The van der Waals surface area contributed by atoms with E-state index in [0.29, 0.717) is 6.42 Å². The van der Waals surface area contributed by atoms with E-state index in [9.17, 15) is 4.79 Å². The minimum absolute atomic E-state index is 0.305. The van der Waals surface area contributed by atoms with Crippen molar-refractivity contribution in [2.45, 2.75) is 49.4 Å². The van der Waals surface area contributed by atoms with Gasteiger partial charge >= 0.3 is 0 Å². The van der Waals surface area contributed by atoms with Gasteiger partial charge in [-0.1, -0.05) is 0 Å². The number of hydrogen-bond donors (Lipinski definition) is 0. The summed E-state index contributed by atoms with van der Waals surface area (Å²) in [6, 6.07) is 3.90. The van der Waals surface area contributed by atoms with Crippen LogP contribution in [0.15, 0.2) is 23.5 Å². The quantitative estimate of drug-likeness (QED) is 0.449. The van der Waals surface area contributed by atoms with Gasteiger partial charge in [0.25, 0.3) is 0 Å². The Labute approximate surface area is 144 Å². The van der Waals surface area contributed by atoms with Crippen LogP contribution in [0.1, 0.15) is 32.1 Å². The maximum Gasteiger partial charge on any atom is 0.162 e. The molecular weight excluding hydrogens is 330 g/mol. The summed E-state index contributed by atoms with van der Waals surface area (Å²) in [7, 11) is 1.59. The Hall–Kier alpha value is -1.48. The molecule has 0 bridgehead atoms. The van der Waals surface area contributed by atoms with Crippen LogP contribution in [0, 0.1) is 0 Å². The average molecular weight is 351 g/mol. The van der Waals surface area contributed by atoms with Crippen LogP contribution in [0.5, 0.6) is 0 Å². The number of thioether (sulfide) groups is 1. The summed E-state index contributed by atoms with van der Waals surface area (Å²) in [6.07, 6.45) is 3.57. The van der Waals surface area contributed by atoms with Gasteiger partial charge < -0.3 is 19.0 Å². The maximum atomic E-state index is 11.2. The molecular formula is C16H21N3O4S. The van der Waals surface area contributed by atoms with Crippen molar-refractivity contribution < 1.29 is 19.0 Å². The van der Waals surface area contributed by atoms with Crippen molar-refractivity contribution in [1.82, 2.24) is 14.6 Å². The molecule has 1 aliphatic rings. The third-order valence-electron chi connectivity index (χ3n) is 4.13. The van der Waals surface area contributed by atoms with Crippen LogP contribution in [-0.4, -0.2) is 52.2 Å². The molecule has 0 unspecified atom stereocenters. The Balaban J connectivity index is 1.98. The lowest BCUT2D eigenvalue weighted by Gasteiger charge is -2.29. The van der Waals surface area contributed by atoms with Crippen LogP contribution >= 0.6 is 11.8 Å². The molecule has 0 aliphatic carbocycles. The van der Waals surface area contributed by atoms with Crippen molar-refractivity contribution in [2.75, 3.05) is 13.4 Å². The molecule has 0 radical (unpaired) electrons. The summed E-state index contributed by atoms with van der Waals surface area (Å²) in [4.78, 5) is 15.5. The first-order valence-electron chi connectivity index (χ1n) is 7.69. The zero-order chi connectivity index (χ0) is 17.3. The smallest absolute Gasteiger partial charge is 0.162 e. The second-order valence-corrected chi connectivity index (χ2v) is 6.85. The van der Waals surface area contributed by atoms with Crippen LogP contribution in [0.3, 0.4) is 0 Å². The fourth-order valence-corrected chi connectivity index (χ4v) is 3.37. The highest BCUT2D eigenvalue weighted by atomic mass is 32.2. The van der Waals surface area contributed by atoms with Crippen LogP contribution in [0.25, 0.3) is 5.52 Å². The molecule has 1 saturated heterocycles. The van der Waals surface area contributed by atoms with Crippen LogP contribution < -0.4 is 0 Å². The molecule has 1 fully saturated rings. The molecule has 0 aromatic carbocycles. The first kappa shape index (κ1) is 17.3. The molecule has 130 valence electrons. The second-order valence-electron chi connectivity index (χ2n) is 6.05. The lowest BCUT2D eigenvalue weighted by molar-refractivity contribution is -0.231. The normalized spacial score (nSPS) is 24.6. The number of ether oxygens (including phenoxy) is 3. The molecule has 0 spiro atoms. The number of rotatable bonds is 6. The Morgan fingerprint density at radius 3 is 2.92 bits per heavy atom. The Morgan fingerprint density at radius 2 is 2.25 bits per heavy atom. The summed E-state index contributed by atoms with van der Waals surface area (Å²) < 4.78 is 19.1. The van der Waals surface area contributed by atoms with E-state index < -0.39 is 18.0 Å². The summed E-state index contributed by atoms with van der Waals surface area (Å²) in [5.74, 6) is -0.767. The molecule has 7 nitrogen and oxygen atoms in total. The van der Waals surface area contributed by atoms with Crippen molar-refractivity contribution >= 4 is 23.6 Å². The Kier molecular flexibility index (Phi) is 4.91. The number of methoxy groups -OCH3 is 1. The van der Waals surface area contributed by atoms with Gasteiger partial charge in [0.15, 0.2) is 5.79 Å². The standard InChI is InChI=1S/C16H21N3O4S/c1-16(2,21-3)23-13-7-10(8-20)22-14(13)11-5-6-12-15(24-4)17-9-18-19(11)12/h5-6,8-10,13-14H,7H2,1-4H3/t10-,13+,14-/m0/s1. The molecule has 3 rings (SSSR count). The van der Waals surface area contributed by atoms with E-state index in [-0.39, 0.29) is 6.10 Å². The monoisotopic (exact) mass is 351 g/mol. The highest BCUT2D eigenvalue weighted by molar-refractivity contribution is 7.98. The average Bonchev–Trinajstić information content (AvgIpc) is 3.17. The number of carbonyl (C=O) groups excluding carboxylic acids is 1. The number of hydrogen-bond acceptors (Lipinski definition) is 7. The summed E-state index contributed by atoms with van der Waals surface area (Å²) >= 11 is 1.55. The molecule has 3 heterocycles. The number of aromatic nitrogens is 3. The lowest BCUT2D eigenvalue weighted by atomic mass is 10.1. The Bertz CT molecular complexity index is 733. The third-order valence-corrected chi connectivity index (χ3v) is 4.83. The fraction of sp³-hybridized carbons (Fsp3) is 0.562. The first-order valence-corrected chi connectivity index (χ1v) is 8.92. The van der Waals surface area contributed by atoms with Crippen molar-refractivity contribution in [3.63, 3.8) is 0 Å². The molecule has 2 aromatic rings. The molecule has 1 aliphatic heterocycles. The molecule has 2 aromatic heterocycles. The van der Waals surface area contributed by atoms with E-state index in [1.165, 1.54) is 6.33 Å². The molecule has 24 heavy (non-hydrogen) atoms. The number of carbonyl (C=O) groups is 1. The summed E-state index contributed by atoms with van der Waals surface area (Å²) in [6.45, 7) is 3.67. The van der Waals surface area contributed by atoms with Crippen molar-refractivity contribution in [3.8, 4) is 0 Å². The topological polar surface area (TPSA) is 75.0 Å². The van der Waals surface area contributed by atoms with E-state index in [0.717, 1.165) is 22.5 Å². The van der Waals surface area contributed by atoms with E-state index >= 15 is 0 Å². The van der Waals surface area contributed by atoms with E-state index in [1.807, 2.05) is 32.2 Å². The van der Waals surface area contributed by atoms with Crippen LogP contribution in [-0.2, 0) is 19.0 Å². The minimum atomic E-state index is -0.767. The number of aldehydes is 1. The SMILES string of the molecule is COC(C)(C)O[C@@H]1C[C@@H](C=O)O[C@H]1c1ccc2c(SC)ncnn12. The van der Waals surface area contributed by atoms with Gasteiger partial charge in [0.1, 0.15) is 29.8 Å². The summed E-state index contributed by atoms with van der Waals surface area (Å²) in [5, 5.41) is 5.22. The minimum Gasteiger partial charge on any atom is -0.358 e. The van der Waals surface area contributed by atoms with Gasteiger partial charge in [-0.15, -0.1) is 11.8 Å². The van der Waals surface area contributed by atoms with E-state index in [4.69, 9.17) is 14.2 Å². The van der Waals surface area contributed by atoms with Gasteiger partial charge in [-0.2, -0.15) is 5.10 Å². The zero-order valence-corrected chi connectivity index (χ0v) is 14.9. The van der Waals surface area contributed by atoms with Gasteiger partial charge in [-0.25, -0.2) is 9.50 Å². The molecule has 0 N–H and O–H groups in total.